The zero-order chi connectivity index (χ0) is 14.5. The lowest BCUT2D eigenvalue weighted by Crippen LogP contribution is -2.31. The van der Waals surface area contributed by atoms with E-state index in [0.29, 0.717) is 16.5 Å². The van der Waals surface area contributed by atoms with Gasteiger partial charge in [0.25, 0.3) is 5.91 Å². The first-order chi connectivity index (χ1) is 9.61. The summed E-state index contributed by atoms with van der Waals surface area (Å²) in [6, 6.07) is 5.45. The first kappa shape index (κ1) is 15.2. The molecule has 0 atom stereocenters. The van der Waals surface area contributed by atoms with Crippen molar-refractivity contribution < 1.29 is 4.79 Å². The van der Waals surface area contributed by atoms with Crippen LogP contribution in [-0.4, -0.2) is 30.9 Å². The van der Waals surface area contributed by atoms with Crippen LogP contribution >= 0.6 is 11.6 Å². The molecule has 1 amide bonds. The van der Waals surface area contributed by atoms with Crippen molar-refractivity contribution in [2.24, 2.45) is 5.92 Å². The van der Waals surface area contributed by atoms with Crippen molar-refractivity contribution in [3.8, 4) is 0 Å². The third-order valence-electron chi connectivity index (χ3n) is 3.93. The molecular formula is C16H23ClN2O. The predicted molar refractivity (Wildman–Crippen MR) is 84.5 cm³/mol. The summed E-state index contributed by atoms with van der Waals surface area (Å²) in [5.41, 5.74) is 1.53. The van der Waals surface area contributed by atoms with E-state index in [4.69, 9.17) is 11.6 Å². The fraction of sp³-hybridized carbons (Fsp3) is 0.562. The maximum atomic E-state index is 12.6. The summed E-state index contributed by atoms with van der Waals surface area (Å²) >= 11 is 6.04. The van der Waals surface area contributed by atoms with E-state index < -0.39 is 0 Å². The number of carbonyl (C=O) groups is 1. The van der Waals surface area contributed by atoms with E-state index in [1.807, 2.05) is 31.0 Å². The SMILES string of the molecule is CCNc1ccc(Cl)cc1C(=O)N(C)CC1CCCC1. The highest BCUT2D eigenvalue weighted by Gasteiger charge is 2.21. The van der Waals surface area contributed by atoms with Gasteiger partial charge in [-0.25, -0.2) is 0 Å². The van der Waals surface area contributed by atoms with Crippen LogP contribution in [0.2, 0.25) is 5.02 Å². The lowest BCUT2D eigenvalue weighted by Gasteiger charge is -2.22. The molecule has 1 aromatic rings. The van der Waals surface area contributed by atoms with Crippen LogP contribution in [0.25, 0.3) is 0 Å². The minimum Gasteiger partial charge on any atom is -0.385 e. The van der Waals surface area contributed by atoms with E-state index in [1.165, 1.54) is 25.7 Å². The first-order valence-electron chi connectivity index (χ1n) is 7.40. The highest BCUT2D eigenvalue weighted by atomic mass is 35.5. The number of hydrogen-bond donors (Lipinski definition) is 1. The maximum absolute atomic E-state index is 12.6. The molecule has 0 aliphatic heterocycles. The van der Waals surface area contributed by atoms with Crippen LogP contribution in [0.5, 0.6) is 0 Å². The van der Waals surface area contributed by atoms with Crippen molar-refractivity contribution in [1.82, 2.24) is 4.90 Å². The number of carbonyl (C=O) groups excluding carboxylic acids is 1. The molecule has 1 aromatic carbocycles. The van der Waals surface area contributed by atoms with Crippen LogP contribution < -0.4 is 5.32 Å². The number of halogens is 1. The highest BCUT2D eigenvalue weighted by Crippen LogP contribution is 2.27. The molecule has 1 aliphatic carbocycles. The molecule has 20 heavy (non-hydrogen) atoms. The van der Waals surface area contributed by atoms with Crippen LogP contribution in [0.3, 0.4) is 0 Å². The fourth-order valence-electron chi connectivity index (χ4n) is 2.91. The van der Waals surface area contributed by atoms with Gasteiger partial charge >= 0.3 is 0 Å². The number of rotatable bonds is 5. The Kier molecular flexibility index (Phi) is 5.30. The van der Waals surface area contributed by atoms with Gasteiger partial charge in [-0.3, -0.25) is 4.79 Å². The van der Waals surface area contributed by atoms with E-state index in [1.54, 1.807) is 6.07 Å². The first-order valence-corrected chi connectivity index (χ1v) is 7.78. The molecule has 4 heteroatoms. The van der Waals surface area contributed by atoms with Crippen molar-refractivity contribution in [3.63, 3.8) is 0 Å². The summed E-state index contributed by atoms with van der Waals surface area (Å²) in [6.45, 7) is 3.65. The molecule has 0 heterocycles. The van der Waals surface area contributed by atoms with E-state index >= 15 is 0 Å². The Morgan fingerprint density at radius 1 is 1.40 bits per heavy atom. The molecule has 0 spiro atoms. The Morgan fingerprint density at radius 2 is 2.10 bits per heavy atom. The maximum Gasteiger partial charge on any atom is 0.255 e. The fourth-order valence-corrected chi connectivity index (χ4v) is 3.08. The van der Waals surface area contributed by atoms with Crippen LogP contribution in [0.1, 0.15) is 43.0 Å². The molecule has 1 N–H and O–H groups in total. The standard InChI is InChI=1S/C16H23ClN2O/c1-3-18-15-9-8-13(17)10-14(15)16(20)19(2)11-12-6-4-5-7-12/h8-10,12,18H,3-7,11H2,1-2H3. The average molecular weight is 295 g/mol. The number of benzene rings is 1. The van der Waals surface area contributed by atoms with Crippen LogP contribution in [0.15, 0.2) is 18.2 Å². The molecule has 2 rings (SSSR count). The monoisotopic (exact) mass is 294 g/mol. The molecule has 110 valence electrons. The molecule has 1 fully saturated rings. The molecule has 1 saturated carbocycles. The number of anilines is 1. The molecule has 0 radical (unpaired) electrons. The Hall–Kier alpha value is -1.22. The van der Waals surface area contributed by atoms with Crippen molar-refractivity contribution >= 4 is 23.2 Å². The predicted octanol–water partition coefficient (Wildman–Crippen LogP) is 4.03. The van der Waals surface area contributed by atoms with Gasteiger partial charge < -0.3 is 10.2 Å². The van der Waals surface area contributed by atoms with E-state index in [-0.39, 0.29) is 5.91 Å². The lowest BCUT2D eigenvalue weighted by molar-refractivity contribution is 0.0774. The largest absolute Gasteiger partial charge is 0.385 e. The normalized spacial score (nSPS) is 15.3. The van der Waals surface area contributed by atoms with Crippen LogP contribution in [-0.2, 0) is 0 Å². The molecular weight excluding hydrogens is 272 g/mol. The molecule has 3 nitrogen and oxygen atoms in total. The molecule has 0 bridgehead atoms. The summed E-state index contributed by atoms with van der Waals surface area (Å²) in [4.78, 5) is 14.4. The second-order valence-corrected chi connectivity index (χ2v) is 5.99. The lowest BCUT2D eigenvalue weighted by atomic mass is 10.1. The van der Waals surface area contributed by atoms with E-state index in [0.717, 1.165) is 18.8 Å². The zero-order valence-electron chi connectivity index (χ0n) is 12.3. The van der Waals surface area contributed by atoms with E-state index in [9.17, 15) is 4.79 Å². The van der Waals surface area contributed by atoms with Gasteiger partial charge in [0.2, 0.25) is 0 Å². The van der Waals surface area contributed by atoms with E-state index in [2.05, 4.69) is 5.32 Å². The Labute approximate surface area is 126 Å². The Bertz CT molecular complexity index is 470. The summed E-state index contributed by atoms with van der Waals surface area (Å²) < 4.78 is 0. The van der Waals surface area contributed by atoms with Gasteiger partial charge in [0.15, 0.2) is 0 Å². The van der Waals surface area contributed by atoms with Gasteiger partial charge in [-0.05, 0) is 43.9 Å². The van der Waals surface area contributed by atoms with Crippen molar-refractivity contribution in [3.05, 3.63) is 28.8 Å². The van der Waals surface area contributed by atoms with Gasteiger partial charge in [-0.15, -0.1) is 0 Å². The number of nitrogens with zero attached hydrogens (tertiary/aromatic N) is 1. The smallest absolute Gasteiger partial charge is 0.255 e. The van der Waals surface area contributed by atoms with Crippen molar-refractivity contribution in [1.29, 1.82) is 0 Å². The van der Waals surface area contributed by atoms with Crippen LogP contribution in [0.4, 0.5) is 5.69 Å². The Morgan fingerprint density at radius 3 is 2.75 bits per heavy atom. The van der Waals surface area contributed by atoms with Gasteiger partial charge in [0, 0.05) is 30.8 Å². The van der Waals surface area contributed by atoms with Crippen LogP contribution in [0, 0.1) is 5.92 Å². The minimum atomic E-state index is 0.0513. The Balaban J connectivity index is 2.11. The third-order valence-corrected chi connectivity index (χ3v) is 4.17. The number of amides is 1. The number of nitrogens with one attached hydrogen (secondary N) is 1. The summed E-state index contributed by atoms with van der Waals surface area (Å²) in [5.74, 6) is 0.709. The minimum absolute atomic E-state index is 0.0513. The second kappa shape index (κ2) is 6.98. The second-order valence-electron chi connectivity index (χ2n) is 5.56. The molecule has 0 unspecified atom stereocenters. The summed E-state index contributed by atoms with van der Waals surface area (Å²) in [7, 11) is 1.89. The number of hydrogen-bond acceptors (Lipinski definition) is 2. The third kappa shape index (κ3) is 3.66. The highest BCUT2D eigenvalue weighted by molar-refractivity contribution is 6.31. The molecule has 0 saturated heterocycles. The summed E-state index contributed by atoms with van der Waals surface area (Å²) in [6.07, 6.45) is 5.08. The summed E-state index contributed by atoms with van der Waals surface area (Å²) in [5, 5.41) is 3.83. The van der Waals surface area contributed by atoms with Gasteiger partial charge in [0.1, 0.15) is 0 Å². The van der Waals surface area contributed by atoms with Gasteiger partial charge in [-0.1, -0.05) is 24.4 Å². The van der Waals surface area contributed by atoms with Crippen molar-refractivity contribution in [2.75, 3.05) is 25.5 Å². The quantitative estimate of drug-likeness (QED) is 0.889. The molecule has 1 aliphatic rings. The zero-order valence-corrected chi connectivity index (χ0v) is 13.0. The average Bonchev–Trinajstić information content (AvgIpc) is 2.93. The topological polar surface area (TPSA) is 32.3 Å². The van der Waals surface area contributed by atoms with Gasteiger partial charge in [-0.2, -0.15) is 0 Å². The molecule has 0 aromatic heterocycles. The van der Waals surface area contributed by atoms with Crippen molar-refractivity contribution in [2.45, 2.75) is 32.6 Å². The van der Waals surface area contributed by atoms with Gasteiger partial charge in [0.05, 0.1) is 5.56 Å².